The minimum absolute atomic E-state index is 0.0199. The molecular weight excluding hydrogens is 468 g/mol. The van der Waals surface area contributed by atoms with Gasteiger partial charge in [0.1, 0.15) is 19.2 Å². The molecule has 36 heavy (non-hydrogen) atoms. The fourth-order valence-electron chi connectivity index (χ4n) is 3.65. The summed E-state index contributed by atoms with van der Waals surface area (Å²) in [5.41, 5.74) is 1.25. The van der Waals surface area contributed by atoms with Gasteiger partial charge in [0.25, 0.3) is 0 Å². The number of nitrogens with one attached hydrogen (secondary N) is 3. The summed E-state index contributed by atoms with van der Waals surface area (Å²) in [6.45, 7) is 7.80. The number of carbonyl (C=O) groups is 6. The Morgan fingerprint density at radius 1 is 1.03 bits per heavy atom. The quantitative estimate of drug-likeness (QED) is 0.301. The monoisotopic (exact) mass is 502 g/mol. The fourth-order valence-corrected chi connectivity index (χ4v) is 3.65. The Morgan fingerprint density at radius 2 is 1.67 bits per heavy atom. The number of likely N-dealkylation sites (tertiary alicyclic amines) is 1. The van der Waals surface area contributed by atoms with Gasteiger partial charge in [0.05, 0.1) is 6.54 Å². The number of esters is 1. The molecular formula is C25H34N4O7. The number of hydrogen-bond acceptors (Lipinski definition) is 7. The SMILES string of the molecule is CC(=O)OCc1ccc(NC(=O)CNC(=O)C(NC(=O)CN2C(=O)CC(C(C)C)C2=O)C(C)C)cc1. The van der Waals surface area contributed by atoms with Crippen LogP contribution in [-0.2, 0) is 40.1 Å². The predicted molar refractivity (Wildman–Crippen MR) is 130 cm³/mol. The number of amides is 5. The molecule has 1 aromatic carbocycles. The number of hydrogen-bond donors (Lipinski definition) is 3. The maximum Gasteiger partial charge on any atom is 0.302 e. The van der Waals surface area contributed by atoms with E-state index >= 15 is 0 Å². The molecule has 5 amide bonds. The Labute approximate surface area is 210 Å². The van der Waals surface area contributed by atoms with E-state index in [0.29, 0.717) is 5.69 Å². The summed E-state index contributed by atoms with van der Waals surface area (Å²) in [6, 6.07) is 5.71. The highest BCUT2D eigenvalue weighted by Gasteiger charge is 2.41. The molecule has 1 aliphatic heterocycles. The zero-order valence-electron chi connectivity index (χ0n) is 21.3. The van der Waals surface area contributed by atoms with Crippen LogP contribution in [0, 0.1) is 17.8 Å². The van der Waals surface area contributed by atoms with Gasteiger partial charge in [0, 0.05) is 24.9 Å². The largest absolute Gasteiger partial charge is 0.461 e. The van der Waals surface area contributed by atoms with E-state index in [-0.39, 0.29) is 37.3 Å². The van der Waals surface area contributed by atoms with Gasteiger partial charge in [0.15, 0.2) is 0 Å². The lowest BCUT2D eigenvalue weighted by atomic mass is 9.94. The highest BCUT2D eigenvalue weighted by Crippen LogP contribution is 2.26. The van der Waals surface area contributed by atoms with E-state index in [0.717, 1.165) is 10.5 Å². The van der Waals surface area contributed by atoms with Crippen molar-refractivity contribution < 1.29 is 33.5 Å². The molecule has 2 unspecified atom stereocenters. The van der Waals surface area contributed by atoms with E-state index in [2.05, 4.69) is 16.0 Å². The molecule has 0 spiro atoms. The normalized spacial score (nSPS) is 16.2. The van der Waals surface area contributed by atoms with E-state index in [1.54, 1.807) is 38.1 Å². The summed E-state index contributed by atoms with van der Waals surface area (Å²) in [5, 5.41) is 7.70. The van der Waals surface area contributed by atoms with Crippen molar-refractivity contribution >= 4 is 41.2 Å². The molecule has 1 fully saturated rings. The van der Waals surface area contributed by atoms with Crippen molar-refractivity contribution in [1.29, 1.82) is 0 Å². The van der Waals surface area contributed by atoms with E-state index in [4.69, 9.17) is 4.74 Å². The summed E-state index contributed by atoms with van der Waals surface area (Å²) in [6.07, 6.45) is 0.0713. The minimum Gasteiger partial charge on any atom is -0.461 e. The van der Waals surface area contributed by atoms with Gasteiger partial charge < -0.3 is 20.7 Å². The van der Waals surface area contributed by atoms with Crippen LogP contribution in [0.25, 0.3) is 0 Å². The van der Waals surface area contributed by atoms with Crippen molar-refractivity contribution in [2.45, 2.75) is 53.7 Å². The van der Waals surface area contributed by atoms with Crippen LogP contribution in [0.15, 0.2) is 24.3 Å². The third kappa shape index (κ3) is 8.17. The fraction of sp³-hybridized carbons (Fsp3) is 0.520. The van der Waals surface area contributed by atoms with Crippen LogP contribution in [0.3, 0.4) is 0 Å². The van der Waals surface area contributed by atoms with E-state index in [1.807, 2.05) is 13.8 Å². The van der Waals surface area contributed by atoms with Crippen LogP contribution in [0.1, 0.15) is 46.6 Å². The first-order valence-electron chi connectivity index (χ1n) is 11.8. The second-order valence-corrected chi connectivity index (χ2v) is 9.41. The van der Waals surface area contributed by atoms with Gasteiger partial charge in [-0.25, -0.2) is 0 Å². The summed E-state index contributed by atoms with van der Waals surface area (Å²) in [5.74, 6) is -3.63. The summed E-state index contributed by atoms with van der Waals surface area (Å²) in [4.78, 5) is 73.9. The molecule has 0 saturated carbocycles. The zero-order chi connectivity index (χ0) is 27.0. The second-order valence-electron chi connectivity index (χ2n) is 9.41. The number of nitrogens with zero attached hydrogens (tertiary/aromatic N) is 1. The van der Waals surface area contributed by atoms with Crippen LogP contribution in [0.5, 0.6) is 0 Å². The van der Waals surface area contributed by atoms with Gasteiger partial charge in [-0.1, -0.05) is 39.8 Å². The Kier molecular flexibility index (Phi) is 10.1. The standard InChI is InChI=1S/C25H34N4O7/c1-14(2)19-10-22(33)29(25(19)35)12-21(32)28-23(15(3)4)24(34)26-11-20(31)27-18-8-6-17(7-9-18)13-36-16(5)30/h6-9,14-15,19,23H,10-13H2,1-5H3,(H,26,34)(H,27,31)(H,28,32). The molecule has 0 aromatic heterocycles. The smallest absolute Gasteiger partial charge is 0.302 e. The van der Waals surface area contributed by atoms with Gasteiger partial charge in [0.2, 0.25) is 29.5 Å². The topological polar surface area (TPSA) is 151 Å². The summed E-state index contributed by atoms with van der Waals surface area (Å²) in [7, 11) is 0. The molecule has 1 aromatic rings. The molecule has 1 saturated heterocycles. The van der Waals surface area contributed by atoms with Crippen molar-refractivity contribution in [3.05, 3.63) is 29.8 Å². The van der Waals surface area contributed by atoms with Gasteiger partial charge >= 0.3 is 5.97 Å². The van der Waals surface area contributed by atoms with Gasteiger partial charge in [-0.3, -0.25) is 33.7 Å². The maximum absolute atomic E-state index is 12.7. The Hall–Kier alpha value is -3.76. The van der Waals surface area contributed by atoms with Gasteiger partial charge in [-0.05, 0) is 29.5 Å². The predicted octanol–water partition coefficient (Wildman–Crippen LogP) is 0.976. The number of anilines is 1. The van der Waals surface area contributed by atoms with Crippen LogP contribution < -0.4 is 16.0 Å². The molecule has 0 aliphatic carbocycles. The Balaban J connectivity index is 1.86. The third-order valence-electron chi connectivity index (χ3n) is 5.75. The van der Waals surface area contributed by atoms with Gasteiger partial charge in [-0.2, -0.15) is 0 Å². The lowest BCUT2D eigenvalue weighted by molar-refractivity contribution is -0.144. The van der Waals surface area contributed by atoms with E-state index in [1.165, 1.54) is 6.92 Å². The molecule has 0 bridgehead atoms. The molecule has 11 heteroatoms. The lowest BCUT2D eigenvalue weighted by Crippen LogP contribution is -2.53. The van der Waals surface area contributed by atoms with Crippen LogP contribution >= 0.6 is 0 Å². The van der Waals surface area contributed by atoms with Crippen molar-refractivity contribution in [3.8, 4) is 0 Å². The number of ether oxygens (including phenoxy) is 1. The molecule has 3 N–H and O–H groups in total. The number of rotatable bonds is 11. The average molecular weight is 503 g/mol. The van der Waals surface area contributed by atoms with E-state index < -0.39 is 48.1 Å². The molecule has 2 rings (SSSR count). The zero-order valence-corrected chi connectivity index (χ0v) is 21.3. The van der Waals surface area contributed by atoms with Crippen molar-refractivity contribution in [1.82, 2.24) is 15.5 Å². The molecule has 11 nitrogen and oxygen atoms in total. The minimum atomic E-state index is -0.959. The maximum atomic E-state index is 12.7. The van der Waals surface area contributed by atoms with Crippen LogP contribution in [0.2, 0.25) is 0 Å². The summed E-state index contributed by atoms with van der Waals surface area (Å²) >= 11 is 0. The highest BCUT2D eigenvalue weighted by atomic mass is 16.5. The Bertz CT molecular complexity index is 1000. The molecule has 1 heterocycles. The van der Waals surface area contributed by atoms with Crippen molar-refractivity contribution in [3.63, 3.8) is 0 Å². The molecule has 0 radical (unpaired) electrons. The van der Waals surface area contributed by atoms with Crippen molar-refractivity contribution in [2.75, 3.05) is 18.4 Å². The molecule has 1 aliphatic rings. The molecule has 2 atom stereocenters. The first-order chi connectivity index (χ1) is 16.9. The van der Waals surface area contributed by atoms with Crippen molar-refractivity contribution in [2.24, 2.45) is 17.8 Å². The number of imide groups is 1. The second kappa shape index (κ2) is 12.8. The third-order valence-corrected chi connectivity index (χ3v) is 5.75. The van der Waals surface area contributed by atoms with E-state index in [9.17, 15) is 28.8 Å². The number of carbonyl (C=O) groups excluding carboxylic acids is 6. The van der Waals surface area contributed by atoms with Crippen LogP contribution in [0.4, 0.5) is 5.69 Å². The lowest BCUT2D eigenvalue weighted by Gasteiger charge is -2.23. The molecule has 196 valence electrons. The highest BCUT2D eigenvalue weighted by molar-refractivity contribution is 6.06. The first-order valence-corrected chi connectivity index (χ1v) is 11.8. The Morgan fingerprint density at radius 3 is 2.19 bits per heavy atom. The average Bonchev–Trinajstić information content (AvgIpc) is 3.08. The van der Waals surface area contributed by atoms with Gasteiger partial charge in [-0.15, -0.1) is 0 Å². The first kappa shape index (κ1) is 28.5. The van der Waals surface area contributed by atoms with Crippen LogP contribution in [-0.4, -0.2) is 59.5 Å². The number of benzene rings is 1. The summed E-state index contributed by atoms with van der Waals surface area (Å²) < 4.78 is 4.90.